The number of carbonyl (C=O) groups is 1. The minimum Gasteiger partial charge on any atom is -0.481 e. The second kappa shape index (κ2) is 6.64. The molecule has 0 radical (unpaired) electrons. The maximum Gasteiger partial charge on any atom is 0.341 e. The molecule has 1 aliphatic heterocycles. The highest BCUT2D eigenvalue weighted by Crippen LogP contribution is 2.31. The average Bonchev–Trinajstić information content (AvgIpc) is 3.08. The van der Waals surface area contributed by atoms with Crippen LogP contribution in [0.3, 0.4) is 0 Å². The first-order valence-corrected chi connectivity index (χ1v) is 7.66. The van der Waals surface area contributed by atoms with Crippen molar-refractivity contribution >= 4 is 11.9 Å². The highest BCUT2D eigenvalue weighted by Gasteiger charge is 2.15. The standard InChI is InChI=1S/C17H19N3O3/c1-12-4-5-15(23-11-16(21)22)14(8-12)13-9-18-17(19-10-13)20-6-2-3-7-20/h4-5,8-10H,2-3,6-7,11H2,1H3,(H,21,22). The molecule has 6 nitrogen and oxygen atoms in total. The fraction of sp³-hybridized carbons (Fsp3) is 0.353. The lowest BCUT2D eigenvalue weighted by Crippen LogP contribution is -2.20. The normalized spacial score (nSPS) is 14.0. The molecule has 2 heterocycles. The SMILES string of the molecule is Cc1ccc(OCC(=O)O)c(-c2cnc(N3CCCC3)nc2)c1. The molecule has 23 heavy (non-hydrogen) atoms. The van der Waals surface area contributed by atoms with Crippen molar-refractivity contribution in [3.8, 4) is 16.9 Å². The summed E-state index contributed by atoms with van der Waals surface area (Å²) in [5, 5.41) is 8.79. The van der Waals surface area contributed by atoms with Crippen molar-refractivity contribution < 1.29 is 14.6 Å². The summed E-state index contributed by atoms with van der Waals surface area (Å²) in [5.74, 6) is 0.264. The maximum atomic E-state index is 10.7. The minimum atomic E-state index is -1.00. The van der Waals surface area contributed by atoms with Gasteiger partial charge in [0.1, 0.15) is 5.75 Å². The number of hydrogen-bond donors (Lipinski definition) is 1. The summed E-state index contributed by atoms with van der Waals surface area (Å²) in [4.78, 5) is 21.8. The second-order valence-corrected chi connectivity index (χ2v) is 5.65. The zero-order valence-corrected chi connectivity index (χ0v) is 13.0. The molecule has 0 bridgehead atoms. The molecule has 1 fully saturated rings. The molecule has 0 atom stereocenters. The highest BCUT2D eigenvalue weighted by atomic mass is 16.5. The lowest BCUT2D eigenvalue weighted by molar-refractivity contribution is -0.139. The van der Waals surface area contributed by atoms with E-state index in [-0.39, 0.29) is 6.61 Å². The predicted molar refractivity (Wildman–Crippen MR) is 86.8 cm³/mol. The van der Waals surface area contributed by atoms with E-state index in [0.29, 0.717) is 5.75 Å². The van der Waals surface area contributed by atoms with Crippen LogP contribution < -0.4 is 9.64 Å². The van der Waals surface area contributed by atoms with Crippen LogP contribution in [0.2, 0.25) is 0 Å². The summed E-state index contributed by atoms with van der Waals surface area (Å²) >= 11 is 0. The number of rotatable bonds is 5. The van der Waals surface area contributed by atoms with Crippen molar-refractivity contribution in [3.05, 3.63) is 36.2 Å². The van der Waals surface area contributed by atoms with Gasteiger partial charge in [0.15, 0.2) is 6.61 Å². The Hall–Kier alpha value is -2.63. The number of anilines is 1. The van der Waals surface area contributed by atoms with E-state index in [2.05, 4.69) is 14.9 Å². The van der Waals surface area contributed by atoms with Gasteiger partial charge in [-0.3, -0.25) is 0 Å². The Labute approximate surface area is 134 Å². The van der Waals surface area contributed by atoms with Crippen LogP contribution in [0.25, 0.3) is 11.1 Å². The summed E-state index contributed by atoms with van der Waals surface area (Å²) in [6.45, 7) is 3.60. The molecule has 1 N–H and O–H groups in total. The van der Waals surface area contributed by atoms with E-state index in [0.717, 1.165) is 35.7 Å². The summed E-state index contributed by atoms with van der Waals surface area (Å²) in [6, 6.07) is 5.62. The molecule has 6 heteroatoms. The molecule has 0 spiro atoms. The van der Waals surface area contributed by atoms with Crippen LogP contribution in [0, 0.1) is 6.92 Å². The fourth-order valence-corrected chi connectivity index (χ4v) is 2.68. The molecule has 0 amide bonds. The van der Waals surface area contributed by atoms with Crippen LogP contribution in [-0.2, 0) is 4.79 Å². The number of carboxylic acids is 1. The van der Waals surface area contributed by atoms with Crippen molar-refractivity contribution in [2.75, 3.05) is 24.6 Å². The molecule has 1 aromatic heterocycles. The second-order valence-electron chi connectivity index (χ2n) is 5.65. The van der Waals surface area contributed by atoms with Crippen LogP contribution in [0.15, 0.2) is 30.6 Å². The molecule has 1 saturated heterocycles. The lowest BCUT2D eigenvalue weighted by atomic mass is 10.1. The van der Waals surface area contributed by atoms with Gasteiger partial charge in [-0.05, 0) is 31.9 Å². The molecule has 1 aliphatic rings. The Kier molecular flexibility index (Phi) is 4.41. The van der Waals surface area contributed by atoms with Gasteiger partial charge in [-0.1, -0.05) is 11.6 Å². The first-order valence-electron chi connectivity index (χ1n) is 7.66. The van der Waals surface area contributed by atoms with Gasteiger partial charge in [0.2, 0.25) is 5.95 Å². The van der Waals surface area contributed by atoms with Gasteiger partial charge in [0.05, 0.1) is 0 Å². The van der Waals surface area contributed by atoms with Crippen LogP contribution in [0.1, 0.15) is 18.4 Å². The zero-order valence-electron chi connectivity index (χ0n) is 13.0. The van der Waals surface area contributed by atoms with Gasteiger partial charge >= 0.3 is 5.97 Å². The largest absolute Gasteiger partial charge is 0.481 e. The van der Waals surface area contributed by atoms with Crippen molar-refractivity contribution in [2.24, 2.45) is 0 Å². The number of aromatic nitrogens is 2. The van der Waals surface area contributed by atoms with Crippen LogP contribution >= 0.6 is 0 Å². The van der Waals surface area contributed by atoms with Gasteiger partial charge in [-0.2, -0.15) is 0 Å². The van der Waals surface area contributed by atoms with E-state index in [1.165, 1.54) is 12.8 Å². The van der Waals surface area contributed by atoms with Crippen molar-refractivity contribution in [3.63, 3.8) is 0 Å². The number of carboxylic acid groups (broad SMARTS) is 1. The first-order chi connectivity index (χ1) is 11.1. The summed E-state index contributed by atoms with van der Waals surface area (Å²) in [5.41, 5.74) is 2.68. The number of hydrogen-bond acceptors (Lipinski definition) is 5. The van der Waals surface area contributed by atoms with Crippen LogP contribution in [-0.4, -0.2) is 40.7 Å². The molecular formula is C17H19N3O3. The van der Waals surface area contributed by atoms with E-state index in [1.54, 1.807) is 18.5 Å². The van der Waals surface area contributed by atoms with E-state index in [4.69, 9.17) is 9.84 Å². The first kappa shape index (κ1) is 15.3. The highest BCUT2D eigenvalue weighted by molar-refractivity contribution is 5.72. The summed E-state index contributed by atoms with van der Waals surface area (Å²) in [7, 11) is 0. The van der Waals surface area contributed by atoms with Crippen LogP contribution in [0.4, 0.5) is 5.95 Å². The molecule has 2 aromatic rings. The molecule has 0 unspecified atom stereocenters. The quantitative estimate of drug-likeness (QED) is 0.914. The average molecular weight is 313 g/mol. The zero-order chi connectivity index (χ0) is 16.2. The van der Waals surface area contributed by atoms with Gasteiger partial charge < -0.3 is 14.7 Å². The van der Waals surface area contributed by atoms with Gasteiger partial charge in [0, 0.05) is 36.6 Å². The number of aliphatic carboxylic acids is 1. The molecule has 120 valence electrons. The number of ether oxygens (including phenoxy) is 1. The number of aryl methyl sites for hydroxylation is 1. The van der Waals surface area contributed by atoms with Crippen molar-refractivity contribution in [2.45, 2.75) is 19.8 Å². The molecule has 0 aliphatic carbocycles. The van der Waals surface area contributed by atoms with Crippen molar-refractivity contribution in [1.82, 2.24) is 9.97 Å². The van der Waals surface area contributed by atoms with Gasteiger partial charge in [0.25, 0.3) is 0 Å². The minimum absolute atomic E-state index is 0.372. The summed E-state index contributed by atoms with van der Waals surface area (Å²) < 4.78 is 5.37. The van der Waals surface area contributed by atoms with Crippen LogP contribution in [0.5, 0.6) is 5.75 Å². The fourth-order valence-electron chi connectivity index (χ4n) is 2.68. The van der Waals surface area contributed by atoms with E-state index >= 15 is 0 Å². The Morgan fingerprint density at radius 2 is 1.96 bits per heavy atom. The Bertz CT molecular complexity index is 695. The molecule has 0 saturated carbocycles. The van der Waals surface area contributed by atoms with E-state index in [1.807, 2.05) is 19.1 Å². The molecule has 3 rings (SSSR count). The third-order valence-electron chi connectivity index (χ3n) is 3.82. The molecular weight excluding hydrogens is 294 g/mol. The monoisotopic (exact) mass is 313 g/mol. The predicted octanol–water partition coefficient (Wildman–Crippen LogP) is 2.52. The number of benzene rings is 1. The smallest absolute Gasteiger partial charge is 0.341 e. The van der Waals surface area contributed by atoms with Crippen molar-refractivity contribution in [1.29, 1.82) is 0 Å². The summed E-state index contributed by atoms with van der Waals surface area (Å²) in [6.07, 6.45) is 5.89. The van der Waals surface area contributed by atoms with Gasteiger partial charge in [-0.15, -0.1) is 0 Å². The Morgan fingerprint density at radius 3 is 2.61 bits per heavy atom. The van der Waals surface area contributed by atoms with Gasteiger partial charge in [-0.25, -0.2) is 14.8 Å². The molecule has 1 aromatic carbocycles. The van der Waals surface area contributed by atoms with E-state index < -0.39 is 5.97 Å². The lowest BCUT2D eigenvalue weighted by Gasteiger charge is -2.15. The third-order valence-corrected chi connectivity index (χ3v) is 3.82. The third kappa shape index (κ3) is 3.59. The Morgan fingerprint density at radius 1 is 1.26 bits per heavy atom. The maximum absolute atomic E-state index is 10.7. The van der Waals surface area contributed by atoms with E-state index in [9.17, 15) is 4.79 Å². The topological polar surface area (TPSA) is 75.6 Å². The number of nitrogens with zero attached hydrogens (tertiary/aromatic N) is 3. The Balaban J connectivity index is 1.87.